The van der Waals surface area contributed by atoms with Crippen molar-refractivity contribution in [3.05, 3.63) is 18.7 Å². The van der Waals surface area contributed by atoms with E-state index in [4.69, 9.17) is 0 Å². The van der Waals surface area contributed by atoms with Crippen LogP contribution >= 0.6 is 0 Å². The molecule has 0 bridgehead atoms. The highest BCUT2D eigenvalue weighted by Gasteiger charge is 2.44. The number of carbonyl (C=O) groups excluding carboxylic acids is 2. The van der Waals surface area contributed by atoms with Gasteiger partial charge in [0.05, 0.1) is 12.9 Å². The minimum Gasteiger partial charge on any atom is -0.345 e. The molecule has 102 valence electrons. The van der Waals surface area contributed by atoms with Gasteiger partial charge < -0.3 is 14.8 Å². The van der Waals surface area contributed by atoms with Crippen LogP contribution < -0.4 is 5.32 Å². The van der Waals surface area contributed by atoms with Crippen LogP contribution in [0.5, 0.6) is 0 Å². The summed E-state index contributed by atoms with van der Waals surface area (Å²) in [6.45, 7) is 1.61. The van der Waals surface area contributed by atoms with Gasteiger partial charge in [0.25, 0.3) is 0 Å². The van der Waals surface area contributed by atoms with Gasteiger partial charge in [-0.1, -0.05) is 0 Å². The number of amides is 2. The quantitative estimate of drug-likeness (QED) is 0.813. The van der Waals surface area contributed by atoms with E-state index in [0.29, 0.717) is 12.5 Å². The average molecular weight is 262 g/mol. The second kappa shape index (κ2) is 5.03. The van der Waals surface area contributed by atoms with Crippen LogP contribution in [0.25, 0.3) is 0 Å². The lowest BCUT2D eigenvalue weighted by atomic mass is 10.1. The summed E-state index contributed by atoms with van der Waals surface area (Å²) in [6.07, 6.45) is 8.38. The number of carbonyl (C=O) groups is 2. The minimum absolute atomic E-state index is 0.0183. The molecule has 0 radical (unpaired) electrons. The normalized spacial score (nSPS) is 23.6. The zero-order valence-corrected chi connectivity index (χ0v) is 10.8. The van der Waals surface area contributed by atoms with Crippen molar-refractivity contribution in [1.29, 1.82) is 0 Å². The summed E-state index contributed by atoms with van der Waals surface area (Å²) in [4.78, 5) is 29.6. The molecule has 1 saturated carbocycles. The summed E-state index contributed by atoms with van der Waals surface area (Å²) >= 11 is 0. The van der Waals surface area contributed by atoms with E-state index in [0.717, 1.165) is 25.8 Å². The van der Waals surface area contributed by atoms with E-state index in [1.807, 2.05) is 10.8 Å². The van der Waals surface area contributed by atoms with Crippen LogP contribution in [0.15, 0.2) is 18.7 Å². The van der Waals surface area contributed by atoms with E-state index >= 15 is 0 Å². The Morgan fingerprint density at radius 2 is 2.16 bits per heavy atom. The molecule has 1 aliphatic heterocycles. The molecule has 3 rings (SSSR count). The number of hydrogen-bond donors (Lipinski definition) is 1. The van der Waals surface area contributed by atoms with Crippen molar-refractivity contribution in [1.82, 2.24) is 19.8 Å². The van der Waals surface area contributed by atoms with Gasteiger partial charge in [-0.05, 0) is 25.2 Å². The number of rotatable bonds is 5. The minimum atomic E-state index is -0.232. The molecular formula is C13H18N4O2. The molecular weight excluding hydrogens is 244 g/mol. The van der Waals surface area contributed by atoms with Crippen LogP contribution in [0.1, 0.15) is 19.3 Å². The first kappa shape index (κ1) is 12.2. The van der Waals surface area contributed by atoms with Crippen molar-refractivity contribution in [2.45, 2.75) is 31.8 Å². The van der Waals surface area contributed by atoms with Crippen LogP contribution in [-0.2, 0) is 16.1 Å². The standard InChI is InChI=1S/C13H18N4O2/c18-11-8-15-13(19)12(10-2-3-10)17(11)6-1-5-16-7-4-14-9-16/h4,7,9-10,12H,1-3,5-6,8H2,(H,15,19). The molecule has 1 aliphatic carbocycles. The fourth-order valence-electron chi connectivity index (χ4n) is 2.65. The number of imidazole rings is 1. The highest BCUT2D eigenvalue weighted by atomic mass is 16.2. The molecule has 2 aliphatic rings. The predicted octanol–water partition coefficient (Wildman–Crippen LogP) is 0.0102. The van der Waals surface area contributed by atoms with Gasteiger partial charge in [-0.2, -0.15) is 0 Å². The fraction of sp³-hybridized carbons (Fsp3) is 0.615. The summed E-state index contributed by atoms with van der Waals surface area (Å²) in [5, 5.41) is 2.69. The van der Waals surface area contributed by atoms with Crippen LogP contribution in [-0.4, -0.2) is 45.4 Å². The first-order chi connectivity index (χ1) is 9.25. The van der Waals surface area contributed by atoms with E-state index in [1.54, 1.807) is 17.4 Å². The summed E-state index contributed by atoms with van der Waals surface area (Å²) in [5.74, 6) is 0.435. The summed E-state index contributed by atoms with van der Waals surface area (Å²) in [7, 11) is 0. The third kappa shape index (κ3) is 2.62. The number of aromatic nitrogens is 2. The molecule has 1 unspecified atom stereocenters. The highest BCUT2D eigenvalue weighted by molar-refractivity contribution is 5.95. The molecule has 2 fully saturated rings. The molecule has 0 spiro atoms. The van der Waals surface area contributed by atoms with E-state index in [-0.39, 0.29) is 24.4 Å². The maximum Gasteiger partial charge on any atom is 0.243 e. The molecule has 6 heteroatoms. The molecule has 1 N–H and O–H groups in total. The highest BCUT2D eigenvalue weighted by Crippen LogP contribution is 2.36. The van der Waals surface area contributed by atoms with Crippen LogP contribution in [0.4, 0.5) is 0 Å². The van der Waals surface area contributed by atoms with E-state index in [1.165, 1.54) is 0 Å². The second-order valence-corrected chi connectivity index (χ2v) is 5.24. The van der Waals surface area contributed by atoms with Crippen molar-refractivity contribution in [2.75, 3.05) is 13.1 Å². The van der Waals surface area contributed by atoms with Crippen molar-refractivity contribution in [3.8, 4) is 0 Å². The van der Waals surface area contributed by atoms with Gasteiger partial charge in [0.2, 0.25) is 11.8 Å². The molecule has 1 aromatic heterocycles. The summed E-state index contributed by atoms with van der Waals surface area (Å²) < 4.78 is 1.99. The van der Waals surface area contributed by atoms with E-state index in [2.05, 4.69) is 10.3 Å². The Hall–Kier alpha value is -1.85. The first-order valence-electron chi connectivity index (χ1n) is 6.78. The SMILES string of the molecule is O=C1NCC(=O)N(CCCn2ccnc2)C1C1CC1. The van der Waals surface area contributed by atoms with Crippen LogP contribution in [0.3, 0.4) is 0 Å². The Morgan fingerprint density at radius 1 is 1.32 bits per heavy atom. The molecule has 2 amide bonds. The largest absolute Gasteiger partial charge is 0.345 e. The van der Waals surface area contributed by atoms with Gasteiger partial charge in [-0.3, -0.25) is 9.59 Å². The van der Waals surface area contributed by atoms with Crippen LogP contribution in [0.2, 0.25) is 0 Å². The second-order valence-electron chi connectivity index (χ2n) is 5.24. The molecule has 1 atom stereocenters. The number of aryl methyl sites for hydroxylation is 1. The Labute approximate surface area is 111 Å². The van der Waals surface area contributed by atoms with Gasteiger partial charge in [0, 0.05) is 25.5 Å². The Bertz CT molecular complexity index is 467. The molecule has 1 saturated heterocycles. The average Bonchev–Trinajstić information content (AvgIpc) is 3.10. The zero-order chi connectivity index (χ0) is 13.2. The Kier molecular flexibility index (Phi) is 3.23. The van der Waals surface area contributed by atoms with Crippen molar-refractivity contribution in [3.63, 3.8) is 0 Å². The maximum atomic E-state index is 12.0. The molecule has 0 aromatic carbocycles. The predicted molar refractivity (Wildman–Crippen MR) is 68.1 cm³/mol. The molecule has 1 aromatic rings. The Balaban J connectivity index is 1.59. The summed E-state index contributed by atoms with van der Waals surface area (Å²) in [6, 6.07) is -0.232. The Morgan fingerprint density at radius 3 is 2.84 bits per heavy atom. The lowest BCUT2D eigenvalue weighted by molar-refractivity contribution is -0.146. The van der Waals surface area contributed by atoms with Gasteiger partial charge in [-0.25, -0.2) is 4.98 Å². The number of nitrogens with zero attached hydrogens (tertiary/aromatic N) is 3. The third-order valence-electron chi connectivity index (χ3n) is 3.78. The van der Waals surface area contributed by atoms with Gasteiger partial charge in [-0.15, -0.1) is 0 Å². The summed E-state index contributed by atoms with van der Waals surface area (Å²) in [5.41, 5.74) is 0. The molecule has 6 nitrogen and oxygen atoms in total. The molecule has 2 heterocycles. The van der Waals surface area contributed by atoms with Crippen molar-refractivity contribution >= 4 is 11.8 Å². The van der Waals surface area contributed by atoms with E-state index < -0.39 is 0 Å². The van der Waals surface area contributed by atoms with Crippen molar-refractivity contribution in [2.24, 2.45) is 5.92 Å². The van der Waals surface area contributed by atoms with Gasteiger partial charge >= 0.3 is 0 Å². The maximum absolute atomic E-state index is 12.0. The number of hydrogen-bond acceptors (Lipinski definition) is 3. The van der Waals surface area contributed by atoms with Crippen molar-refractivity contribution < 1.29 is 9.59 Å². The lowest BCUT2D eigenvalue weighted by Crippen LogP contribution is -2.59. The fourth-order valence-corrected chi connectivity index (χ4v) is 2.65. The van der Waals surface area contributed by atoms with E-state index in [9.17, 15) is 9.59 Å². The van der Waals surface area contributed by atoms with Gasteiger partial charge in [0.15, 0.2) is 0 Å². The lowest BCUT2D eigenvalue weighted by Gasteiger charge is -2.35. The topological polar surface area (TPSA) is 67.2 Å². The monoisotopic (exact) mass is 262 g/mol. The van der Waals surface area contributed by atoms with Gasteiger partial charge in [0.1, 0.15) is 6.04 Å². The number of nitrogens with one attached hydrogen (secondary N) is 1. The molecule has 19 heavy (non-hydrogen) atoms. The smallest absolute Gasteiger partial charge is 0.243 e. The zero-order valence-electron chi connectivity index (χ0n) is 10.8. The third-order valence-corrected chi connectivity index (χ3v) is 3.78. The first-order valence-corrected chi connectivity index (χ1v) is 6.78. The van der Waals surface area contributed by atoms with Crippen LogP contribution in [0, 0.1) is 5.92 Å². The number of piperazine rings is 1.